The number of carbonyl (C=O) groups is 1. The molecule has 1 atom stereocenters. The van der Waals surface area contributed by atoms with Crippen molar-refractivity contribution in [1.82, 2.24) is 9.62 Å². The summed E-state index contributed by atoms with van der Waals surface area (Å²) in [6.45, 7) is 4.60. The van der Waals surface area contributed by atoms with E-state index in [1.54, 1.807) is 38.1 Å². The van der Waals surface area contributed by atoms with Gasteiger partial charge in [0, 0.05) is 18.7 Å². The standard InChI is InChI=1S/C21H25FN2O3S/c1-15-6-11-19(28(26,27)24-12-4-3-5-13-24)14-20(15)21(25)23-16(2)17-7-9-18(22)10-8-17/h6-11,14,16H,3-5,12-13H2,1-2H3,(H,23,25). The van der Waals surface area contributed by atoms with Crippen LogP contribution in [0.2, 0.25) is 0 Å². The van der Waals surface area contributed by atoms with Crippen LogP contribution in [0.3, 0.4) is 0 Å². The average molecular weight is 405 g/mol. The van der Waals surface area contributed by atoms with Crippen LogP contribution >= 0.6 is 0 Å². The van der Waals surface area contributed by atoms with Gasteiger partial charge in [-0.1, -0.05) is 24.6 Å². The molecular formula is C21H25FN2O3S. The predicted molar refractivity (Wildman–Crippen MR) is 106 cm³/mol. The number of sulfonamides is 1. The minimum Gasteiger partial charge on any atom is -0.346 e. The quantitative estimate of drug-likeness (QED) is 0.824. The number of halogens is 1. The summed E-state index contributed by atoms with van der Waals surface area (Å²) in [5.41, 5.74) is 1.79. The number of rotatable bonds is 5. The van der Waals surface area contributed by atoms with E-state index < -0.39 is 10.0 Å². The van der Waals surface area contributed by atoms with Crippen LogP contribution in [0.4, 0.5) is 4.39 Å². The number of piperidine rings is 1. The van der Waals surface area contributed by atoms with E-state index in [4.69, 9.17) is 0 Å². The minimum atomic E-state index is -3.61. The molecule has 0 radical (unpaired) electrons. The van der Waals surface area contributed by atoms with Crippen LogP contribution in [0.5, 0.6) is 0 Å². The largest absolute Gasteiger partial charge is 0.346 e. The van der Waals surface area contributed by atoms with E-state index in [1.807, 2.05) is 0 Å². The molecule has 0 saturated carbocycles. The molecule has 150 valence electrons. The second kappa shape index (κ2) is 8.41. The van der Waals surface area contributed by atoms with E-state index in [0.717, 1.165) is 24.8 Å². The van der Waals surface area contributed by atoms with Gasteiger partial charge in [-0.15, -0.1) is 0 Å². The first-order valence-corrected chi connectivity index (χ1v) is 10.9. The summed E-state index contributed by atoms with van der Waals surface area (Å²) < 4.78 is 40.4. The highest BCUT2D eigenvalue weighted by atomic mass is 32.2. The fourth-order valence-electron chi connectivity index (χ4n) is 3.37. The van der Waals surface area contributed by atoms with Crippen molar-refractivity contribution in [3.63, 3.8) is 0 Å². The molecule has 28 heavy (non-hydrogen) atoms. The lowest BCUT2D eigenvalue weighted by Gasteiger charge is -2.26. The van der Waals surface area contributed by atoms with E-state index in [2.05, 4.69) is 5.32 Å². The smallest absolute Gasteiger partial charge is 0.252 e. The lowest BCUT2D eigenvalue weighted by Crippen LogP contribution is -2.35. The van der Waals surface area contributed by atoms with Crippen molar-refractivity contribution in [2.45, 2.75) is 44.0 Å². The van der Waals surface area contributed by atoms with Crippen LogP contribution < -0.4 is 5.32 Å². The summed E-state index contributed by atoms with van der Waals surface area (Å²) in [5, 5.41) is 2.86. The zero-order chi connectivity index (χ0) is 20.3. The third-order valence-corrected chi connectivity index (χ3v) is 7.02. The normalized spacial score (nSPS) is 16.5. The van der Waals surface area contributed by atoms with Gasteiger partial charge in [0.25, 0.3) is 5.91 Å². The van der Waals surface area contributed by atoms with Gasteiger partial charge in [-0.3, -0.25) is 4.79 Å². The Labute approximate surface area is 165 Å². The van der Waals surface area contributed by atoms with Crippen LogP contribution in [0, 0.1) is 12.7 Å². The maximum Gasteiger partial charge on any atom is 0.252 e. The van der Waals surface area contributed by atoms with Gasteiger partial charge in [0.2, 0.25) is 10.0 Å². The highest BCUT2D eigenvalue weighted by molar-refractivity contribution is 7.89. The molecule has 2 aromatic rings. The zero-order valence-electron chi connectivity index (χ0n) is 16.1. The molecule has 7 heteroatoms. The van der Waals surface area contributed by atoms with E-state index in [-0.39, 0.29) is 22.7 Å². The SMILES string of the molecule is Cc1ccc(S(=O)(=O)N2CCCCC2)cc1C(=O)NC(C)c1ccc(F)cc1. The topological polar surface area (TPSA) is 66.5 Å². The van der Waals surface area contributed by atoms with Gasteiger partial charge in [0.05, 0.1) is 10.9 Å². The predicted octanol–water partition coefficient (Wildman–Crippen LogP) is 3.80. The van der Waals surface area contributed by atoms with E-state index in [0.29, 0.717) is 24.2 Å². The van der Waals surface area contributed by atoms with Crippen LogP contribution in [-0.2, 0) is 10.0 Å². The molecule has 1 amide bonds. The second-order valence-corrected chi connectivity index (χ2v) is 9.13. The van der Waals surface area contributed by atoms with E-state index >= 15 is 0 Å². The van der Waals surface area contributed by atoms with E-state index in [1.165, 1.54) is 22.5 Å². The van der Waals surface area contributed by atoms with Gasteiger partial charge in [-0.2, -0.15) is 4.31 Å². The van der Waals surface area contributed by atoms with Crippen LogP contribution in [0.25, 0.3) is 0 Å². The van der Waals surface area contributed by atoms with Crippen molar-refractivity contribution in [3.8, 4) is 0 Å². The van der Waals surface area contributed by atoms with Crippen molar-refractivity contribution in [1.29, 1.82) is 0 Å². The molecule has 5 nitrogen and oxygen atoms in total. The molecule has 1 N–H and O–H groups in total. The first kappa shape index (κ1) is 20.5. The highest BCUT2D eigenvalue weighted by Crippen LogP contribution is 2.23. The monoisotopic (exact) mass is 404 g/mol. The summed E-state index contributed by atoms with van der Waals surface area (Å²) in [7, 11) is -3.61. The molecule has 0 bridgehead atoms. The number of carbonyl (C=O) groups excluding carboxylic acids is 1. The van der Waals surface area contributed by atoms with Crippen molar-refractivity contribution in [2.75, 3.05) is 13.1 Å². The molecule has 1 aliphatic rings. The number of benzene rings is 2. The molecule has 1 unspecified atom stereocenters. The average Bonchev–Trinajstić information content (AvgIpc) is 2.69. The number of nitrogens with zero attached hydrogens (tertiary/aromatic N) is 1. The van der Waals surface area contributed by atoms with Gasteiger partial charge < -0.3 is 5.32 Å². The Hall–Kier alpha value is -2.25. The summed E-state index contributed by atoms with van der Waals surface area (Å²) in [5.74, 6) is -0.696. The fourth-order valence-corrected chi connectivity index (χ4v) is 4.91. The maximum absolute atomic E-state index is 13.1. The molecular weight excluding hydrogens is 379 g/mol. The van der Waals surface area contributed by atoms with E-state index in [9.17, 15) is 17.6 Å². The van der Waals surface area contributed by atoms with Gasteiger partial charge in [0.1, 0.15) is 5.82 Å². The Morgan fingerprint density at radius 1 is 1.07 bits per heavy atom. The van der Waals surface area contributed by atoms with Crippen molar-refractivity contribution >= 4 is 15.9 Å². The van der Waals surface area contributed by atoms with Crippen LogP contribution in [0.1, 0.15) is 53.7 Å². The molecule has 2 aromatic carbocycles. The Balaban J connectivity index is 1.82. The molecule has 1 saturated heterocycles. The number of aryl methyl sites for hydroxylation is 1. The molecule has 1 heterocycles. The summed E-state index contributed by atoms with van der Waals surface area (Å²) in [6, 6.07) is 10.2. The second-order valence-electron chi connectivity index (χ2n) is 7.19. The lowest BCUT2D eigenvalue weighted by atomic mass is 10.1. The third-order valence-electron chi connectivity index (χ3n) is 5.12. The fraction of sp³-hybridized carbons (Fsp3) is 0.381. The Morgan fingerprint density at radius 3 is 2.36 bits per heavy atom. The van der Waals surface area contributed by atoms with Gasteiger partial charge in [0.15, 0.2) is 0 Å². The number of nitrogens with one attached hydrogen (secondary N) is 1. The first-order valence-electron chi connectivity index (χ1n) is 9.46. The maximum atomic E-state index is 13.1. The van der Waals surface area contributed by atoms with Crippen molar-refractivity contribution < 1.29 is 17.6 Å². The Bertz CT molecular complexity index is 952. The van der Waals surface area contributed by atoms with Crippen molar-refractivity contribution in [3.05, 3.63) is 65.0 Å². The number of amides is 1. The lowest BCUT2D eigenvalue weighted by molar-refractivity contribution is 0.0939. The molecule has 1 aliphatic heterocycles. The first-order chi connectivity index (χ1) is 13.3. The molecule has 3 rings (SSSR count). The Morgan fingerprint density at radius 2 is 1.71 bits per heavy atom. The Kier molecular flexibility index (Phi) is 6.15. The summed E-state index contributed by atoms with van der Waals surface area (Å²) >= 11 is 0. The van der Waals surface area contributed by atoms with Crippen LogP contribution in [0.15, 0.2) is 47.4 Å². The molecule has 1 fully saturated rings. The number of hydrogen-bond acceptors (Lipinski definition) is 3. The van der Waals surface area contributed by atoms with Gasteiger partial charge in [-0.05, 0) is 62.1 Å². The minimum absolute atomic E-state index is 0.139. The molecule has 0 aromatic heterocycles. The summed E-state index contributed by atoms with van der Waals surface area (Å²) in [6.07, 6.45) is 2.75. The highest BCUT2D eigenvalue weighted by Gasteiger charge is 2.27. The molecule has 0 spiro atoms. The van der Waals surface area contributed by atoms with Gasteiger partial charge >= 0.3 is 0 Å². The number of hydrogen-bond donors (Lipinski definition) is 1. The molecule has 0 aliphatic carbocycles. The van der Waals surface area contributed by atoms with Crippen LogP contribution in [-0.4, -0.2) is 31.7 Å². The third kappa shape index (κ3) is 4.42. The summed E-state index contributed by atoms with van der Waals surface area (Å²) in [4.78, 5) is 12.9. The van der Waals surface area contributed by atoms with Gasteiger partial charge in [-0.25, -0.2) is 12.8 Å². The van der Waals surface area contributed by atoms with Crippen molar-refractivity contribution in [2.24, 2.45) is 0 Å². The zero-order valence-corrected chi connectivity index (χ0v) is 16.9.